The maximum Gasteiger partial charge on any atom is 0.417 e. The molecule has 1 aromatic heterocycles. The summed E-state index contributed by atoms with van der Waals surface area (Å²) >= 11 is 0. The van der Waals surface area contributed by atoms with E-state index in [1.807, 2.05) is 0 Å². The summed E-state index contributed by atoms with van der Waals surface area (Å²) in [7, 11) is 0. The fraction of sp³-hybridized carbons (Fsp3) is 0.474. The summed E-state index contributed by atoms with van der Waals surface area (Å²) in [5, 5.41) is 3.96. The van der Waals surface area contributed by atoms with E-state index in [-0.39, 0.29) is 11.5 Å². The van der Waals surface area contributed by atoms with Crippen molar-refractivity contribution in [3.05, 3.63) is 35.4 Å². The Morgan fingerprint density at radius 1 is 0.862 bits per heavy atom. The predicted octanol–water partition coefficient (Wildman–Crippen LogP) is 3.54. The molecule has 29 heavy (non-hydrogen) atoms. The number of alkyl halides is 3. The van der Waals surface area contributed by atoms with Crippen molar-refractivity contribution in [2.75, 3.05) is 41.4 Å². The number of nitrogens with one attached hydrogen (secondary N) is 1. The van der Waals surface area contributed by atoms with Crippen molar-refractivity contribution in [3.63, 3.8) is 0 Å². The van der Waals surface area contributed by atoms with E-state index < -0.39 is 11.7 Å². The van der Waals surface area contributed by atoms with Crippen LogP contribution in [0.15, 0.2) is 29.4 Å². The third kappa shape index (κ3) is 4.57. The Bertz CT molecular complexity index is 838. The van der Waals surface area contributed by atoms with Gasteiger partial charge in [-0.15, -0.1) is 0 Å². The van der Waals surface area contributed by atoms with E-state index in [9.17, 15) is 13.2 Å². The van der Waals surface area contributed by atoms with Gasteiger partial charge in [-0.2, -0.15) is 33.2 Å². The molecule has 2 fully saturated rings. The third-order valence-corrected chi connectivity index (χ3v) is 5.02. The van der Waals surface area contributed by atoms with Crippen LogP contribution in [-0.4, -0.2) is 47.3 Å². The second kappa shape index (κ2) is 8.22. The minimum Gasteiger partial charge on any atom is -0.341 e. The monoisotopic (exact) mass is 405 g/mol. The number of hydrogen-bond acceptors (Lipinski definition) is 7. The van der Waals surface area contributed by atoms with E-state index in [2.05, 4.69) is 35.3 Å². The molecule has 0 bridgehead atoms. The van der Waals surface area contributed by atoms with Crippen LogP contribution in [-0.2, 0) is 6.18 Å². The summed E-state index contributed by atoms with van der Waals surface area (Å²) in [6, 6.07) is 5.29. The van der Waals surface area contributed by atoms with Gasteiger partial charge in [0.15, 0.2) is 0 Å². The topological polar surface area (TPSA) is 69.5 Å². The number of anilines is 3. The molecular weight excluding hydrogens is 383 g/mol. The highest BCUT2D eigenvalue weighted by molar-refractivity contribution is 5.82. The number of nitrogens with zero attached hydrogens (tertiary/aromatic N) is 6. The van der Waals surface area contributed by atoms with Crippen molar-refractivity contribution in [1.82, 2.24) is 15.0 Å². The molecular formula is C19H22F3N7. The molecule has 10 heteroatoms. The second-order valence-electron chi connectivity index (χ2n) is 7.10. The van der Waals surface area contributed by atoms with E-state index in [1.54, 1.807) is 0 Å². The van der Waals surface area contributed by atoms with Crippen LogP contribution in [0.3, 0.4) is 0 Å². The molecule has 0 atom stereocenters. The molecule has 0 spiro atoms. The highest BCUT2D eigenvalue weighted by Gasteiger charge is 2.32. The third-order valence-electron chi connectivity index (χ3n) is 5.02. The number of hydrogen-bond donors (Lipinski definition) is 1. The highest BCUT2D eigenvalue weighted by atomic mass is 19.4. The lowest BCUT2D eigenvalue weighted by Crippen LogP contribution is -2.25. The molecule has 4 rings (SSSR count). The zero-order valence-electron chi connectivity index (χ0n) is 15.9. The fourth-order valence-electron chi connectivity index (χ4n) is 3.55. The Kier molecular flexibility index (Phi) is 5.50. The van der Waals surface area contributed by atoms with Crippen LogP contribution in [0.2, 0.25) is 0 Å². The van der Waals surface area contributed by atoms with Crippen LogP contribution < -0.4 is 15.2 Å². The van der Waals surface area contributed by atoms with Crippen molar-refractivity contribution in [2.24, 2.45) is 5.10 Å². The van der Waals surface area contributed by atoms with Gasteiger partial charge in [0.25, 0.3) is 0 Å². The number of aromatic nitrogens is 3. The first-order valence-corrected chi connectivity index (χ1v) is 9.72. The normalized spacial score (nSPS) is 17.5. The van der Waals surface area contributed by atoms with Gasteiger partial charge < -0.3 is 9.80 Å². The van der Waals surface area contributed by atoms with Gasteiger partial charge >= 0.3 is 6.18 Å². The van der Waals surface area contributed by atoms with Gasteiger partial charge in [-0.05, 0) is 31.7 Å². The first kappa shape index (κ1) is 19.4. The Balaban J connectivity index is 1.57. The standard InChI is InChI=1S/C19H22F3N7/c20-19(21,22)15-8-2-1-7-14(15)13-23-27-16-24-17(28-9-3-4-10-28)26-18(25-16)29-11-5-6-12-29/h1-2,7-8,13H,3-6,9-12H2,(H,24,25,26,27). The number of hydrazone groups is 1. The molecule has 1 N–H and O–H groups in total. The summed E-state index contributed by atoms with van der Waals surface area (Å²) in [5.74, 6) is 1.38. The minimum absolute atomic E-state index is 0.0268. The molecule has 7 nitrogen and oxygen atoms in total. The van der Waals surface area contributed by atoms with Crippen molar-refractivity contribution in [2.45, 2.75) is 31.9 Å². The Morgan fingerprint density at radius 3 is 1.97 bits per heavy atom. The van der Waals surface area contributed by atoms with E-state index in [1.165, 1.54) is 18.2 Å². The molecule has 0 radical (unpaired) electrons. The fourth-order valence-corrected chi connectivity index (χ4v) is 3.55. The number of halogens is 3. The highest BCUT2D eigenvalue weighted by Crippen LogP contribution is 2.31. The summed E-state index contributed by atoms with van der Waals surface area (Å²) in [5.41, 5.74) is 1.92. The molecule has 0 unspecified atom stereocenters. The largest absolute Gasteiger partial charge is 0.417 e. The minimum atomic E-state index is -4.44. The van der Waals surface area contributed by atoms with Gasteiger partial charge in [0.2, 0.25) is 17.8 Å². The molecule has 1 aromatic carbocycles. The van der Waals surface area contributed by atoms with Gasteiger partial charge in [-0.3, -0.25) is 0 Å². The summed E-state index contributed by atoms with van der Waals surface area (Å²) < 4.78 is 39.4. The molecule has 0 aliphatic carbocycles. The molecule has 2 aliphatic heterocycles. The van der Waals surface area contributed by atoms with Crippen LogP contribution in [0, 0.1) is 0 Å². The second-order valence-corrected chi connectivity index (χ2v) is 7.10. The molecule has 2 aliphatic rings. The lowest BCUT2D eigenvalue weighted by atomic mass is 10.1. The Morgan fingerprint density at radius 2 is 1.41 bits per heavy atom. The molecule has 0 saturated carbocycles. The van der Waals surface area contributed by atoms with Crippen LogP contribution >= 0.6 is 0 Å². The van der Waals surface area contributed by atoms with E-state index in [0.717, 1.165) is 64.1 Å². The maximum atomic E-state index is 13.1. The van der Waals surface area contributed by atoms with Gasteiger partial charge in [0, 0.05) is 31.7 Å². The van der Waals surface area contributed by atoms with Crippen LogP contribution in [0.25, 0.3) is 0 Å². The summed E-state index contributed by atoms with van der Waals surface area (Å²) in [6.45, 7) is 3.52. The molecule has 3 heterocycles. The van der Waals surface area contributed by atoms with E-state index >= 15 is 0 Å². The predicted molar refractivity (Wildman–Crippen MR) is 105 cm³/mol. The average molecular weight is 405 g/mol. The van der Waals surface area contributed by atoms with E-state index in [0.29, 0.717) is 11.9 Å². The van der Waals surface area contributed by atoms with Crippen LogP contribution in [0.5, 0.6) is 0 Å². The molecule has 2 saturated heterocycles. The van der Waals surface area contributed by atoms with Crippen LogP contribution in [0.4, 0.5) is 31.0 Å². The summed E-state index contributed by atoms with van der Waals surface area (Å²) in [6.07, 6.45) is 1.03. The maximum absolute atomic E-state index is 13.1. The Hall–Kier alpha value is -2.91. The molecule has 0 amide bonds. The zero-order valence-corrected chi connectivity index (χ0v) is 15.9. The number of rotatable bonds is 5. The zero-order chi connectivity index (χ0) is 20.3. The van der Waals surface area contributed by atoms with Crippen molar-refractivity contribution >= 4 is 24.1 Å². The Labute approximate surface area is 166 Å². The average Bonchev–Trinajstić information content (AvgIpc) is 3.41. The smallest absolute Gasteiger partial charge is 0.341 e. The van der Waals surface area contributed by atoms with E-state index in [4.69, 9.17) is 0 Å². The quantitative estimate of drug-likeness (QED) is 0.606. The lowest BCUT2D eigenvalue weighted by Gasteiger charge is -2.20. The van der Waals surface area contributed by atoms with Gasteiger partial charge in [0.05, 0.1) is 11.8 Å². The van der Waals surface area contributed by atoms with Crippen molar-refractivity contribution in [1.29, 1.82) is 0 Å². The first-order chi connectivity index (χ1) is 14.0. The van der Waals surface area contributed by atoms with Gasteiger partial charge in [-0.1, -0.05) is 18.2 Å². The SMILES string of the molecule is FC(F)(F)c1ccccc1C=NNc1nc(N2CCCC2)nc(N2CCCC2)n1. The summed E-state index contributed by atoms with van der Waals surface area (Å²) in [4.78, 5) is 17.6. The molecule has 154 valence electrons. The number of benzene rings is 1. The van der Waals surface area contributed by atoms with Crippen molar-refractivity contribution in [3.8, 4) is 0 Å². The van der Waals surface area contributed by atoms with Gasteiger partial charge in [-0.25, -0.2) is 5.43 Å². The first-order valence-electron chi connectivity index (χ1n) is 9.72. The van der Waals surface area contributed by atoms with Crippen molar-refractivity contribution < 1.29 is 13.2 Å². The lowest BCUT2D eigenvalue weighted by molar-refractivity contribution is -0.137. The molecule has 2 aromatic rings. The van der Waals surface area contributed by atoms with Crippen LogP contribution in [0.1, 0.15) is 36.8 Å². The van der Waals surface area contributed by atoms with Gasteiger partial charge in [0.1, 0.15) is 0 Å².